The quantitative estimate of drug-likeness (QED) is 0.856. The summed E-state index contributed by atoms with van der Waals surface area (Å²) in [6.07, 6.45) is 0. The third-order valence-corrected chi connectivity index (χ3v) is 3.28. The van der Waals surface area contributed by atoms with Crippen LogP contribution in [0.3, 0.4) is 0 Å². The van der Waals surface area contributed by atoms with E-state index in [4.69, 9.17) is 19.9 Å². The van der Waals surface area contributed by atoms with Gasteiger partial charge >= 0.3 is 0 Å². The maximum atomic E-state index is 6.28. The summed E-state index contributed by atoms with van der Waals surface area (Å²) in [5, 5.41) is 0. The molecule has 1 atom stereocenters. The predicted octanol–water partition coefficient (Wildman–Crippen LogP) is 2.12. The zero-order valence-electron chi connectivity index (χ0n) is 10.7. The van der Waals surface area contributed by atoms with Gasteiger partial charge in [0.15, 0.2) is 11.5 Å². The van der Waals surface area contributed by atoms with E-state index in [0.29, 0.717) is 12.4 Å². The predicted molar refractivity (Wildman–Crippen MR) is 65.8 cm³/mol. The highest BCUT2D eigenvalue weighted by molar-refractivity contribution is 5.54. The van der Waals surface area contributed by atoms with E-state index in [2.05, 4.69) is 13.8 Å². The Labute approximate surface area is 102 Å². The molecule has 0 aliphatic carbocycles. The minimum Gasteiger partial charge on any atom is -0.497 e. The fraction of sp³-hybridized carbons (Fsp3) is 0.538. The highest BCUT2D eigenvalue weighted by Gasteiger charge is 2.36. The van der Waals surface area contributed by atoms with Crippen LogP contribution >= 0.6 is 0 Å². The van der Waals surface area contributed by atoms with Gasteiger partial charge in [0.2, 0.25) is 0 Å². The van der Waals surface area contributed by atoms with E-state index in [0.717, 1.165) is 17.1 Å². The standard InChI is InChI=1S/C13H19NO3/c1-13(2)7-17-11-9(12(13)14)5-8(15-3)6-10(11)16-4/h5-6,12H,7,14H2,1-4H3. The van der Waals surface area contributed by atoms with Gasteiger partial charge in [-0.05, 0) is 6.07 Å². The lowest BCUT2D eigenvalue weighted by Crippen LogP contribution is -2.38. The van der Waals surface area contributed by atoms with Gasteiger partial charge in [-0.1, -0.05) is 13.8 Å². The molecule has 0 fully saturated rings. The molecule has 1 aliphatic rings. The molecule has 1 aromatic carbocycles. The Hall–Kier alpha value is -1.42. The van der Waals surface area contributed by atoms with Crippen molar-refractivity contribution in [3.63, 3.8) is 0 Å². The second kappa shape index (κ2) is 4.11. The molecular formula is C13H19NO3. The van der Waals surface area contributed by atoms with E-state index in [9.17, 15) is 0 Å². The largest absolute Gasteiger partial charge is 0.497 e. The molecule has 0 spiro atoms. The highest BCUT2D eigenvalue weighted by atomic mass is 16.5. The first-order chi connectivity index (χ1) is 7.99. The monoisotopic (exact) mass is 237 g/mol. The summed E-state index contributed by atoms with van der Waals surface area (Å²) in [5.41, 5.74) is 7.13. The first-order valence-electron chi connectivity index (χ1n) is 5.64. The van der Waals surface area contributed by atoms with E-state index >= 15 is 0 Å². The van der Waals surface area contributed by atoms with Crippen molar-refractivity contribution in [2.75, 3.05) is 20.8 Å². The average molecular weight is 237 g/mol. The number of methoxy groups -OCH3 is 2. The number of fused-ring (bicyclic) bond motifs is 1. The summed E-state index contributed by atoms with van der Waals surface area (Å²) in [6.45, 7) is 4.77. The topological polar surface area (TPSA) is 53.7 Å². The first kappa shape index (κ1) is 12.0. The lowest BCUT2D eigenvalue weighted by atomic mass is 9.79. The van der Waals surface area contributed by atoms with Crippen LogP contribution in [0, 0.1) is 5.41 Å². The summed E-state index contributed by atoms with van der Waals surface area (Å²) < 4.78 is 16.3. The summed E-state index contributed by atoms with van der Waals surface area (Å²) in [4.78, 5) is 0. The van der Waals surface area contributed by atoms with Gasteiger partial charge in [-0.2, -0.15) is 0 Å². The molecule has 0 saturated heterocycles. The highest BCUT2D eigenvalue weighted by Crippen LogP contribution is 2.47. The van der Waals surface area contributed by atoms with Gasteiger partial charge in [-0.15, -0.1) is 0 Å². The molecule has 1 aromatic rings. The molecule has 4 heteroatoms. The number of benzene rings is 1. The van der Waals surface area contributed by atoms with E-state index in [1.807, 2.05) is 12.1 Å². The smallest absolute Gasteiger partial charge is 0.166 e. The molecular weight excluding hydrogens is 218 g/mol. The van der Waals surface area contributed by atoms with Gasteiger partial charge in [0.25, 0.3) is 0 Å². The van der Waals surface area contributed by atoms with Crippen LogP contribution < -0.4 is 19.9 Å². The van der Waals surface area contributed by atoms with Crippen LogP contribution in [0.25, 0.3) is 0 Å². The first-order valence-corrected chi connectivity index (χ1v) is 5.64. The molecule has 2 N–H and O–H groups in total. The number of nitrogens with two attached hydrogens (primary N) is 1. The summed E-state index contributed by atoms with van der Waals surface area (Å²) >= 11 is 0. The Morgan fingerprint density at radius 2 is 2.00 bits per heavy atom. The van der Waals surface area contributed by atoms with Crippen molar-refractivity contribution in [3.05, 3.63) is 17.7 Å². The summed E-state index contributed by atoms with van der Waals surface area (Å²) in [7, 11) is 3.24. The Morgan fingerprint density at radius 3 is 2.59 bits per heavy atom. The van der Waals surface area contributed by atoms with E-state index in [-0.39, 0.29) is 11.5 Å². The van der Waals surface area contributed by atoms with Crippen LogP contribution in [-0.4, -0.2) is 20.8 Å². The maximum absolute atomic E-state index is 6.28. The van der Waals surface area contributed by atoms with E-state index in [1.165, 1.54) is 0 Å². The van der Waals surface area contributed by atoms with Crippen LogP contribution in [-0.2, 0) is 0 Å². The molecule has 94 valence electrons. The van der Waals surface area contributed by atoms with Gasteiger partial charge in [-0.3, -0.25) is 0 Å². The van der Waals surface area contributed by atoms with E-state index in [1.54, 1.807) is 14.2 Å². The lowest BCUT2D eigenvalue weighted by molar-refractivity contribution is 0.118. The van der Waals surface area contributed by atoms with Gasteiger partial charge in [-0.25, -0.2) is 0 Å². The van der Waals surface area contributed by atoms with Crippen molar-refractivity contribution in [2.45, 2.75) is 19.9 Å². The molecule has 1 unspecified atom stereocenters. The third-order valence-electron chi connectivity index (χ3n) is 3.28. The van der Waals surface area contributed by atoms with Gasteiger partial charge in [0.1, 0.15) is 5.75 Å². The third kappa shape index (κ3) is 1.93. The number of hydrogen-bond acceptors (Lipinski definition) is 4. The fourth-order valence-electron chi connectivity index (χ4n) is 2.02. The SMILES string of the molecule is COc1cc(OC)c2c(c1)C(N)C(C)(C)CO2. The number of ether oxygens (including phenoxy) is 3. The van der Waals surface area contributed by atoms with Crippen molar-refractivity contribution in [1.82, 2.24) is 0 Å². The van der Waals surface area contributed by atoms with Crippen LogP contribution in [0.5, 0.6) is 17.2 Å². The molecule has 1 aliphatic heterocycles. The number of rotatable bonds is 2. The Morgan fingerprint density at radius 1 is 1.29 bits per heavy atom. The molecule has 0 saturated carbocycles. The van der Waals surface area contributed by atoms with Gasteiger partial charge in [0.05, 0.1) is 20.8 Å². The molecule has 0 aromatic heterocycles. The maximum Gasteiger partial charge on any atom is 0.166 e. The number of hydrogen-bond donors (Lipinski definition) is 1. The Balaban J connectivity index is 2.55. The average Bonchev–Trinajstić information content (AvgIpc) is 2.33. The zero-order valence-corrected chi connectivity index (χ0v) is 10.7. The van der Waals surface area contributed by atoms with Crippen LogP contribution in [0.4, 0.5) is 0 Å². The zero-order chi connectivity index (χ0) is 12.6. The molecule has 17 heavy (non-hydrogen) atoms. The lowest BCUT2D eigenvalue weighted by Gasteiger charge is -2.38. The van der Waals surface area contributed by atoms with Crippen molar-refractivity contribution in [2.24, 2.45) is 11.1 Å². The van der Waals surface area contributed by atoms with Crippen molar-refractivity contribution < 1.29 is 14.2 Å². The Bertz CT molecular complexity index is 429. The molecule has 4 nitrogen and oxygen atoms in total. The molecule has 1 heterocycles. The van der Waals surface area contributed by atoms with Crippen molar-refractivity contribution in [3.8, 4) is 17.2 Å². The minimum atomic E-state index is -0.0929. The van der Waals surface area contributed by atoms with Crippen LogP contribution in [0.1, 0.15) is 25.5 Å². The molecule has 2 rings (SSSR count). The van der Waals surface area contributed by atoms with Gasteiger partial charge < -0.3 is 19.9 Å². The van der Waals surface area contributed by atoms with Crippen molar-refractivity contribution in [1.29, 1.82) is 0 Å². The molecule has 0 radical (unpaired) electrons. The summed E-state index contributed by atoms with van der Waals surface area (Å²) in [5.74, 6) is 2.14. The summed E-state index contributed by atoms with van der Waals surface area (Å²) in [6, 6.07) is 3.64. The van der Waals surface area contributed by atoms with Gasteiger partial charge in [0, 0.05) is 23.1 Å². The second-order valence-electron chi connectivity index (χ2n) is 5.00. The normalized spacial score (nSPS) is 21.4. The van der Waals surface area contributed by atoms with Crippen LogP contribution in [0.15, 0.2) is 12.1 Å². The van der Waals surface area contributed by atoms with E-state index < -0.39 is 0 Å². The second-order valence-corrected chi connectivity index (χ2v) is 5.00. The Kier molecular flexibility index (Phi) is 2.91. The molecule has 0 amide bonds. The molecule has 0 bridgehead atoms. The fourth-order valence-corrected chi connectivity index (χ4v) is 2.02. The van der Waals surface area contributed by atoms with Crippen molar-refractivity contribution >= 4 is 0 Å². The van der Waals surface area contributed by atoms with Crippen LogP contribution in [0.2, 0.25) is 0 Å². The minimum absolute atomic E-state index is 0.0877.